The molecule has 4 aliphatic rings. The van der Waals surface area contributed by atoms with Crippen molar-refractivity contribution in [3.63, 3.8) is 0 Å². The summed E-state index contributed by atoms with van der Waals surface area (Å²) < 4.78 is 0. The summed E-state index contributed by atoms with van der Waals surface area (Å²) in [5, 5.41) is 3.05. The van der Waals surface area contributed by atoms with Gasteiger partial charge in [-0.2, -0.15) is 0 Å². The van der Waals surface area contributed by atoms with Gasteiger partial charge in [0.25, 0.3) is 0 Å². The summed E-state index contributed by atoms with van der Waals surface area (Å²) in [7, 11) is 1.98. The Labute approximate surface area is 191 Å². The van der Waals surface area contributed by atoms with E-state index in [1.165, 1.54) is 25.7 Å². The number of amides is 2. The van der Waals surface area contributed by atoms with Gasteiger partial charge in [-0.05, 0) is 85.8 Å². The highest BCUT2D eigenvalue weighted by Gasteiger charge is 2.60. The van der Waals surface area contributed by atoms with Crippen LogP contribution in [0.15, 0.2) is 36.4 Å². The minimum absolute atomic E-state index is 0.0766. The number of carbonyl (C=O) groups is 2. The molecule has 3 fully saturated rings. The molecule has 0 spiro atoms. The predicted molar refractivity (Wildman–Crippen MR) is 128 cm³/mol. The van der Waals surface area contributed by atoms with Gasteiger partial charge in [0.05, 0.1) is 11.4 Å². The number of anilines is 2. The number of para-hydroxylation sites is 2. The Morgan fingerprint density at radius 2 is 1.91 bits per heavy atom. The number of nitrogens with two attached hydrogens (primary N) is 1. The first-order valence-electron chi connectivity index (χ1n) is 12.3. The molecule has 5 rings (SSSR count). The van der Waals surface area contributed by atoms with Crippen LogP contribution in [-0.2, 0) is 9.59 Å². The number of likely N-dealkylation sites (N-methyl/N-ethyl adjacent to an activating group) is 1. The maximum Gasteiger partial charge on any atom is 0.246 e. The van der Waals surface area contributed by atoms with E-state index >= 15 is 0 Å². The summed E-state index contributed by atoms with van der Waals surface area (Å²) in [6.45, 7) is 4.84. The van der Waals surface area contributed by atoms with Crippen molar-refractivity contribution in [1.29, 1.82) is 0 Å². The first-order valence-corrected chi connectivity index (χ1v) is 12.3. The van der Waals surface area contributed by atoms with Crippen molar-refractivity contribution in [3.8, 4) is 0 Å². The van der Waals surface area contributed by atoms with Crippen molar-refractivity contribution in [1.82, 2.24) is 4.90 Å². The monoisotopic (exact) mass is 435 g/mol. The lowest BCUT2D eigenvalue weighted by Gasteiger charge is -2.60. The van der Waals surface area contributed by atoms with Crippen LogP contribution in [0.25, 0.3) is 0 Å². The number of nitrogen functional groups attached to an aromatic ring is 1. The van der Waals surface area contributed by atoms with Crippen molar-refractivity contribution in [2.45, 2.75) is 64.8 Å². The third-order valence-electron chi connectivity index (χ3n) is 9.99. The normalized spacial score (nSPS) is 40.4. The third kappa shape index (κ3) is 3.19. The zero-order valence-electron chi connectivity index (χ0n) is 19.6. The molecular weight excluding hydrogens is 398 g/mol. The molecule has 5 nitrogen and oxygen atoms in total. The van der Waals surface area contributed by atoms with Crippen LogP contribution < -0.4 is 11.1 Å². The summed E-state index contributed by atoms with van der Waals surface area (Å²) in [6.07, 6.45) is 11.7. The Hall–Kier alpha value is -2.30. The lowest BCUT2D eigenvalue weighted by Crippen LogP contribution is -2.59. The second-order valence-corrected chi connectivity index (χ2v) is 11.3. The highest BCUT2D eigenvalue weighted by atomic mass is 16.2. The van der Waals surface area contributed by atoms with Crippen molar-refractivity contribution < 1.29 is 9.59 Å². The third-order valence-corrected chi connectivity index (χ3v) is 9.99. The van der Waals surface area contributed by atoms with Crippen LogP contribution in [0, 0.1) is 34.5 Å². The number of benzene rings is 1. The van der Waals surface area contributed by atoms with Gasteiger partial charge in [-0.25, -0.2) is 0 Å². The lowest BCUT2D eigenvalue weighted by molar-refractivity contribution is -0.139. The van der Waals surface area contributed by atoms with E-state index in [0.29, 0.717) is 41.8 Å². The van der Waals surface area contributed by atoms with Crippen LogP contribution >= 0.6 is 0 Å². The van der Waals surface area contributed by atoms with E-state index in [0.717, 1.165) is 18.5 Å². The minimum atomic E-state index is 0.0766. The zero-order chi connectivity index (χ0) is 22.7. The Bertz CT molecular complexity index is 958. The molecule has 7 atom stereocenters. The maximum absolute atomic E-state index is 12.9. The molecule has 0 saturated heterocycles. The minimum Gasteiger partial charge on any atom is -0.397 e. The molecule has 0 aromatic heterocycles. The van der Waals surface area contributed by atoms with Crippen LogP contribution in [0.4, 0.5) is 11.4 Å². The highest BCUT2D eigenvalue weighted by Crippen LogP contribution is 2.65. The molecule has 1 aromatic rings. The van der Waals surface area contributed by atoms with Gasteiger partial charge in [0, 0.05) is 24.9 Å². The number of nitrogens with zero attached hydrogens (tertiary/aromatic N) is 1. The summed E-state index contributed by atoms with van der Waals surface area (Å²) in [4.78, 5) is 27.2. The first-order chi connectivity index (χ1) is 15.2. The fourth-order valence-electron chi connectivity index (χ4n) is 8.22. The number of carbonyl (C=O) groups excluding carboxylic acids is 2. The predicted octanol–water partition coefficient (Wildman–Crippen LogP) is 4.85. The molecule has 3 aliphatic carbocycles. The molecule has 1 aromatic carbocycles. The zero-order valence-corrected chi connectivity index (χ0v) is 19.6. The molecule has 3 saturated carbocycles. The molecule has 5 heteroatoms. The Kier molecular flexibility index (Phi) is 5.14. The molecule has 1 heterocycles. The van der Waals surface area contributed by atoms with Crippen LogP contribution in [0.5, 0.6) is 0 Å². The van der Waals surface area contributed by atoms with Gasteiger partial charge in [0.15, 0.2) is 0 Å². The van der Waals surface area contributed by atoms with Gasteiger partial charge in [-0.15, -0.1) is 0 Å². The molecule has 172 valence electrons. The van der Waals surface area contributed by atoms with Gasteiger partial charge in [0.1, 0.15) is 0 Å². The second kappa shape index (κ2) is 7.64. The Morgan fingerprint density at radius 3 is 2.69 bits per heavy atom. The van der Waals surface area contributed by atoms with Crippen molar-refractivity contribution in [3.05, 3.63) is 36.4 Å². The van der Waals surface area contributed by atoms with Crippen molar-refractivity contribution >= 4 is 23.2 Å². The van der Waals surface area contributed by atoms with Gasteiger partial charge < -0.3 is 16.0 Å². The Morgan fingerprint density at radius 1 is 1.12 bits per heavy atom. The van der Waals surface area contributed by atoms with Crippen LogP contribution in [0.3, 0.4) is 0 Å². The van der Waals surface area contributed by atoms with E-state index < -0.39 is 0 Å². The second-order valence-electron chi connectivity index (χ2n) is 11.3. The maximum atomic E-state index is 12.9. The number of fused-ring (bicyclic) bond motifs is 5. The van der Waals surface area contributed by atoms with Gasteiger partial charge in [-0.3, -0.25) is 9.59 Å². The molecule has 32 heavy (non-hydrogen) atoms. The summed E-state index contributed by atoms with van der Waals surface area (Å²) in [5.74, 6) is 2.66. The van der Waals surface area contributed by atoms with Gasteiger partial charge in [-0.1, -0.05) is 32.1 Å². The molecule has 0 radical (unpaired) electrons. The Balaban J connectivity index is 1.32. The van der Waals surface area contributed by atoms with Crippen molar-refractivity contribution in [2.24, 2.45) is 34.5 Å². The fraction of sp³-hybridized carbons (Fsp3) is 0.630. The number of rotatable bonds is 3. The largest absolute Gasteiger partial charge is 0.397 e. The molecule has 0 bridgehead atoms. The smallest absolute Gasteiger partial charge is 0.246 e. The average Bonchev–Trinajstić information content (AvgIpc) is 3.09. The van der Waals surface area contributed by atoms with Crippen LogP contribution in [0.2, 0.25) is 0 Å². The van der Waals surface area contributed by atoms with E-state index in [1.807, 2.05) is 42.3 Å². The molecular formula is C27H37N3O2. The van der Waals surface area contributed by atoms with Gasteiger partial charge in [0.2, 0.25) is 11.8 Å². The lowest BCUT2D eigenvalue weighted by atomic mass is 9.47. The van der Waals surface area contributed by atoms with Gasteiger partial charge >= 0.3 is 0 Å². The van der Waals surface area contributed by atoms with Crippen LogP contribution in [0.1, 0.15) is 58.8 Å². The van der Waals surface area contributed by atoms with E-state index in [-0.39, 0.29) is 22.6 Å². The molecule has 0 unspecified atom stereocenters. The van der Waals surface area contributed by atoms with E-state index in [4.69, 9.17) is 5.73 Å². The number of nitrogens with one attached hydrogen (secondary N) is 1. The number of hydrogen-bond donors (Lipinski definition) is 2. The first kappa shape index (κ1) is 21.5. The summed E-state index contributed by atoms with van der Waals surface area (Å²) in [6, 6.07) is 7.81. The molecule has 1 aliphatic heterocycles. The van der Waals surface area contributed by atoms with E-state index in [1.54, 1.807) is 0 Å². The highest BCUT2D eigenvalue weighted by molar-refractivity contribution is 5.94. The average molecular weight is 436 g/mol. The standard InChI is InChI=1S/C27H37N3O2/c1-26-14-12-20-18(9-11-23-27(20,2)15-13-25(32)30(23)3)19(26)10-8-17(26)16-24(31)29-22-7-5-4-6-21(22)28/h4-7,13,15,17-20,23H,8-12,14,16,28H2,1-3H3,(H,29,31)/t17-,18+,19+,20+,23-,26-,27-/m1/s1. The summed E-state index contributed by atoms with van der Waals surface area (Å²) in [5.41, 5.74) is 7.66. The molecule has 3 N–H and O–H groups in total. The van der Waals surface area contributed by atoms with Crippen LogP contribution in [-0.4, -0.2) is 29.8 Å². The summed E-state index contributed by atoms with van der Waals surface area (Å²) >= 11 is 0. The van der Waals surface area contributed by atoms with Crippen molar-refractivity contribution in [2.75, 3.05) is 18.1 Å². The SMILES string of the molecule is CN1C(=O)C=C[C@]2(C)[C@H]3CC[C@]4(C)[C@@H](CC(=O)Nc5ccccc5N)CC[C@H]4[C@@H]3CC[C@@H]12. The van der Waals surface area contributed by atoms with E-state index in [2.05, 4.69) is 25.2 Å². The number of hydrogen-bond acceptors (Lipinski definition) is 3. The fourth-order valence-corrected chi connectivity index (χ4v) is 8.22. The quantitative estimate of drug-likeness (QED) is 0.666. The topological polar surface area (TPSA) is 75.4 Å². The van der Waals surface area contributed by atoms with E-state index in [9.17, 15) is 9.59 Å². The molecule has 2 amide bonds.